The summed E-state index contributed by atoms with van der Waals surface area (Å²) in [5, 5.41) is 12.6. The van der Waals surface area contributed by atoms with Crippen LogP contribution < -0.4 is 5.32 Å². The lowest BCUT2D eigenvalue weighted by atomic mass is 9.87. The van der Waals surface area contributed by atoms with Crippen molar-refractivity contribution in [1.82, 2.24) is 14.8 Å². The molecule has 0 aliphatic carbocycles. The summed E-state index contributed by atoms with van der Waals surface area (Å²) in [6, 6.07) is 26.6. The fourth-order valence-corrected chi connectivity index (χ4v) is 4.69. The number of para-hydroxylation sites is 1. The SMILES string of the molecule is CC[C@@H](C)c1ccc(NC(=O)CSc2nnc(-c3ccc(C(C)(C)C)cc3)n2-c2ccccc2)cc1. The molecule has 186 valence electrons. The van der Waals surface area contributed by atoms with Crippen LogP contribution in [-0.2, 0) is 10.2 Å². The molecule has 0 saturated carbocycles. The van der Waals surface area contributed by atoms with E-state index in [1.807, 2.05) is 47.0 Å². The molecule has 1 atom stereocenters. The second-order valence-electron chi connectivity index (χ2n) is 10.1. The average molecular weight is 499 g/mol. The second-order valence-corrected chi connectivity index (χ2v) is 11.0. The van der Waals surface area contributed by atoms with Crippen molar-refractivity contribution >= 4 is 23.4 Å². The zero-order valence-corrected chi connectivity index (χ0v) is 22.5. The van der Waals surface area contributed by atoms with E-state index in [1.165, 1.54) is 22.9 Å². The molecule has 0 fully saturated rings. The van der Waals surface area contributed by atoms with Crippen molar-refractivity contribution in [2.24, 2.45) is 0 Å². The minimum Gasteiger partial charge on any atom is -0.325 e. The van der Waals surface area contributed by atoms with Gasteiger partial charge in [-0.25, -0.2) is 0 Å². The molecule has 4 aromatic rings. The van der Waals surface area contributed by atoms with E-state index in [0.29, 0.717) is 11.1 Å². The molecule has 0 unspecified atom stereocenters. The third kappa shape index (κ3) is 6.05. The zero-order chi connectivity index (χ0) is 25.7. The van der Waals surface area contributed by atoms with E-state index in [4.69, 9.17) is 0 Å². The van der Waals surface area contributed by atoms with Crippen LogP contribution >= 0.6 is 11.8 Å². The molecule has 0 aliphatic rings. The number of aromatic nitrogens is 3. The molecule has 1 aromatic heterocycles. The number of hydrogen-bond donors (Lipinski definition) is 1. The van der Waals surface area contributed by atoms with E-state index in [0.717, 1.165) is 29.2 Å². The van der Waals surface area contributed by atoms with Crippen molar-refractivity contribution in [3.05, 3.63) is 90.0 Å². The van der Waals surface area contributed by atoms with Crippen LogP contribution in [0, 0.1) is 0 Å². The molecule has 36 heavy (non-hydrogen) atoms. The highest BCUT2D eigenvalue weighted by Crippen LogP contribution is 2.30. The number of amides is 1. The first-order chi connectivity index (χ1) is 17.3. The minimum absolute atomic E-state index is 0.0741. The van der Waals surface area contributed by atoms with E-state index < -0.39 is 0 Å². The van der Waals surface area contributed by atoms with Gasteiger partial charge >= 0.3 is 0 Å². The molecule has 4 rings (SSSR count). The van der Waals surface area contributed by atoms with Crippen LogP contribution in [0.2, 0.25) is 0 Å². The Morgan fingerprint density at radius 1 is 0.944 bits per heavy atom. The molecular formula is C30H34N4OS. The molecular weight excluding hydrogens is 464 g/mol. The van der Waals surface area contributed by atoms with E-state index in [9.17, 15) is 4.79 Å². The molecule has 1 N–H and O–H groups in total. The summed E-state index contributed by atoms with van der Waals surface area (Å²) < 4.78 is 2.02. The van der Waals surface area contributed by atoms with E-state index >= 15 is 0 Å². The number of carbonyl (C=O) groups excluding carboxylic acids is 1. The quantitative estimate of drug-likeness (QED) is 0.256. The highest BCUT2D eigenvalue weighted by molar-refractivity contribution is 7.99. The van der Waals surface area contributed by atoms with Crippen LogP contribution in [0.5, 0.6) is 0 Å². The molecule has 5 nitrogen and oxygen atoms in total. The summed E-state index contributed by atoms with van der Waals surface area (Å²) in [5.74, 6) is 1.43. The number of anilines is 1. The van der Waals surface area contributed by atoms with Gasteiger partial charge in [0.2, 0.25) is 5.91 Å². The molecule has 1 heterocycles. The van der Waals surface area contributed by atoms with Crippen molar-refractivity contribution in [3.63, 3.8) is 0 Å². The topological polar surface area (TPSA) is 59.8 Å². The smallest absolute Gasteiger partial charge is 0.234 e. The van der Waals surface area contributed by atoms with Gasteiger partial charge in [-0.1, -0.05) is 101 Å². The fourth-order valence-electron chi connectivity index (χ4n) is 3.94. The van der Waals surface area contributed by atoms with Gasteiger partial charge in [0.1, 0.15) is 0 Å². The highest BCUT2D eigenvalue weighted by Gasteiger charge is 2.19. The molecule has 3 aromatic carbocycles. The zero-order valence-electron chi connectivity index (χ0n) is 21.7. The molecule has 1 amide bonds. The van der Waals surface area contributed by atoms with E-state index in [2.05, 4.69) is 86.5 Å². The Kier molecular flexibility index (Phi) is 7.94. The standard InChI is InChI=1S/C30H34N4OS/c1-6-21(2)22-14-18-25(19-15-22)31-27(35)20-36-29-33-32-28(34(29)26-10-8-7-9-11-26)23-12-16-24(17-13-23)30(3,4)5/h7-19,21H,6,20H2,1-5H3,(H,31,35)/t21-/m1/s1. The number of thioether (sulfide) groups is 1. The van der Waals surface area contributed by atoms with Gasteiger partial charge in [-0.15, -0.1) is 10.2 Å². The lowest BCUT2D eigenvalue weighted by molar-refractivity contribution is -0.113. The molecule has 0 aliphatic heterocycles. The highest BCUT2D eigenvalue weighted by atomic mass is 32.2. The van der Waals surface area contributed by atoms with Gasteiger partial charge < -0.3 is 5.32 Å². The number of hydrogen-bond acceptors (Lipinski definition) is 4. The summed E-state index contributed by atoms with van der Waals surface area (Å²) in [5.41, 5.74) is 5.37. The Morgan fingerprint density at radius 3 is 2.22 bits per heavy atom. The number of rotatable bonds is 8. The van der Waals surface area contributed by atoms with Crippen LogP contribution in [0.1, 0.15) is 58.1 Å². The van der Waals surface area contributed by atoms with Crippen molar-refractivity contribution in [1.29, 1.82) is 0 Å². The lowest BCUT2D eigenvalue weighted by Gasteiger charge is -2.19. The predicted molar refractivity (Wildman–Crippen MR) is 150 cm³/mol. The Hall–Kier alpha value is -3.38. The van der Waals surface area contributed by atoms with Gasteiger partial charge in [0.15, 0.2) is 11.0 Å². The summed E-state index contributed by atoms with van der Waals surface area (Å²) >= 11 is 1.38. The molecule has 0 bridgehead atoms. The van der Waals surface area contributed by atoms with Crippen molar-refractivity contribution in [2.45, 2.75) is 57.5 Å². The first kappa shape index (κ1) is 25.7. The van der Waals surface area contributed by atoms with Gasteiger partial charge in [0.05, 0.1) is 5.75 Å². The Morgan fingerprint density at radius 2 is 1.61 bits per heavy atom. The van der Waals surface area contributed by atoms with Gasteiger partial charge in [-0.2, -0.15) is 0 Å². The molecule has 0 saturated heterocycles. The Bertz CT molecular complexity index is 1290. The van der Waals surface area contributed by atoms with Crippen molar-refractivity contribution < 1.29 is 4.79 Å². The summed E-state index contributed by atoms with van der Waals surface area (Å²) in [7, 11) is 0. The monoisotopic (exact) mass is 498 g/mol. The van der Waals surface area contributed by atoms with Gasteiger partial charge in [-0.3, -0.25) is 9.36 Å². The number of nitrogens with one attached hydrogen (secondary N) is 1. The normalized spacial score (nSPS) is 12.4. The lowest BCUT2D eigenvalue weighted by Crippen LogP contribution is -2.14. The third-order valence-electron chi connectivity index (χ3n) is 6.37. The van der Waals surface area contributed by atoms with Crippen LogP contribution in [0.4, 0.5) is 5.69 Å². The number of carbonyl (C=O) groups is 1. The largest absolute Gasteiger partial charge is 0.325 e. The predicted octanol–water partition coefficient (Wildman–Crippen LogP) is 7.48. The summed E-state index contributed by atoms with van der Waals surface area (Å²) in [6.07, 6.45) is 1.09. The Balaban J connectivity index is 1.53. The average Bonchev–Trinajstić information content (AvgIpc) is 3.31. The van der Waals surface area contributed by atoms with Crippen molar-refractivity contribution in [3.8, 4) is 17.1 Å². The minimum atomic E-state index is -0.0741. The fraction of sp³-hybridized carbons (Fsp3) is 0.300. The van der Waals surface area contributed by atoms with Crippen LogP contribution in [0.25, 0.3) is 17.1 Å². The van der Waals surface area contributed by atoms with Gasteiger partial charge in [0.25, 0.3) is 0 Å². The molecule has 0 radical (unpaired) electrons. The summed E-state index contributed by atoms with van der Waals surface area (Å²) in [4.78, 5) is 12.7. The maximum Gasteiger partial charge on any atom is 0.234 e. The maximum absolute atomic E-state index is 12.7. The van der Waals surface area contributed by atoms with Gasteiger partial charge in [0, 0.05) is 16.9 Å². The first-order valence-corrected chi connectivity index (χ1v) is 13.4. The summed E-state index contributed by atoms with van der Waals surface area (Å²) in [6.45, 7) is 11.0. The van der Waals surface area contributed by atoms with Crippen LogP contribution in [0.15, 0.2) is 84.0 Å². The third-order valence-corrected chi connectivity index (χ3v) is 7.29. The number of benzene rings is 3. The molecule has 6 heteroatoms. The van der Waals surface area contributed by atoms with Crippen LogP contribution in [0.3, 0.4) is 0 Å². The second kappa shape index (κ2) is 11.1. The van der Waals surface area contributed by atoms with E-state index in [1.54, 1.807) is 0 Å². The first-order valence-electron chi connectivity index (χ1n) is 12.4. The van der Waals surface area contributed by atoms with Crippen molar-refractivity contribution in [2.75, 3.05) is 11.1 Å². The molecule has 0 spiro atoms. The number of nitrogens with zero attached hydrogens (tertiary/aromatic N) is 3. The van der Waals surface area contributed by atoms with Crippen LogP contribution in [-0.4, -0.2) is 26.4 Å². The van der Waals surface area contributed by atoms with Gasteiger partial charge in [-0.05, 0) is 53.1 Å². The Labute approximate surface area is 218 Å². The maximum atomic E-state index is 12.7. The van der Waals surface area contributed by atoms with E-state index in [-0.39, 0.29) is 17.1 Å².